The van der Waals surface area contributed by atoms with E-state index in [-0.39, 0.29) is 6.54 Å². The second-order valence-electron chi connectivity index (χ2n) is 5.15. The molecule has 0 fully saturated rings. The summed E-state index contributed by atoms with van der Waals surface area (Å²) in [5.41, 5.74) is -0.924. The van der Waals surface area contributed by atoms with Gasteiger partial charge in [0.05, 0.1) is 6.54 Å². The zero-order valence-corrected chi connectivity index (χ0v) is 12.1. The van der Waals surface area contributed by atoms with Gasteiger partial charge >= 0.3 is 5.97 Å². The Hall–Kier alpha value is -1.43. The third-order valence-corrected chi connectivity index (χ3v) is 3.30. The van der Waals surface area contributed by atoms with Crippen LogP contribution in [0.3, 0.4) is 0 Å². The highest BCUT2D eigenvalue weighted by atomic mass is 16.5. The zero-order valence-electron chi connectivity index (χ0n) is 12.1. The number of carboxylic acid groups (broad SMARTS) is 1. The average molecular weight is 269 g/mol. The van der Waals surface area contributed by atoms with Crippen molar-refractivity contribution in [2.45, 2.75) is 59.0 Å². The van der Waals surface area contributed by atoms with Gasteiger partial charge in [-0.05, 0) is 18.8 Å². The van der Waals surface area contributed by atoms with Crippen LogP contribution in [0.25, 0.3) is 0 Å². The highest BCUT2D eigenvalue weighted by Crippen LogP contribution is 2.16. The lowest BCUT2D eigenvalue weighted by atomic mass is 9.93. The topological polar surface area (TPSA) is 88.3 Å². The summed E-state index contributed by atoms with van der Waals surface area (Å²) >= 11 is 0. The molecule has 0 radical (unpaired) electrons. The van der Waals surface area contributed by atoms with Gasteiger partial charge in [-0.3, -0.25) is 10.1 Å². The lowest BCUT2D eigenvalue weighted by Crippen LogP contribution is -2.50. The quantitative estimate of drug-likeness (QED) is 0.750. The number of carboxylic acids is 1. The fraction of sp³-hybridized carbons (Fsp3) is 0.769. The van der Waals surface area contributed by atoms with Crippen molar-refractivity contribution in [1.82, 2.24) is 15.5 Å². The molecule has 1 aromatic rings. The van der Waals surface area contributed by atoms with Crippen LogP contribution in [0, 0.1) is 5.92 Å². The van der Waals surface area contributed by atoms with Crippen LogP contribution in [0.1, 0.15) is 52.3 Å². The van der Waals surface area contributed by atoms with E-state index in [9.17, 15) is 9.90 Å². The van der Waals surface area contributed by atoms with Crippen molar-refractivity contribution in [3.05, 3.63) is 11.7 Å². The van der Waals surface area contributed by atoms with E-state index >= 15 is 0 Å². The van der Waals surface area contributed by atoms with Crippen LogP contribution in [0.15, 0.2) is 4.52 Å². The third kappa shape index (κ3) is 4.02. The zero-order chi connectivity index (χ0) is 14.5. The van der Waals surface area contributed by atoms with Gasteiger partial charge in [0.1, 0.15) is 5.54 Å². The molecule has 0 saturated heterocycles. The van der Waals surface area contributed by atoms with Crippen LogP contribution in [0.4, 0.5) is 0 Å². The summed E-state index contributed by atoms with van der Waals surface area (Å²) in [5, 5.41) is 16.2. The molecule has 0 aliphatic rings. The minimum absolute atomic E-state index is 0.277. The van der Waals surface area contributed by atoms with Gasteiger partial charge in [-0.1, -0.05) is 32.9 Å². The Morgan fingerprint density at radius 3 is 2.53 bits per heavy atom. The van der Waals surface area contributed by atoms with Crippen molar-refractivity contribution >= 4 is 5.97 Å². The van der Waals surface area contributed by atoms with E-state index in [2.05, 4.69) is 29.3 Å². The third-order valence-electron chi connectivity index (χ3n) is 3.30. The van der Waals surface area contributed by atoms with E-state index in [0.29, 0.717) is 30.5 Å². The van der Waals surface area contributed by atoms with E-state index in [1.807, 2.05) is 13.8 Å². The maximum atomic E-state index is 11.3. The lowest BCUT2D eigenvalue weighted by molar-refractivity contribution is -0.145. The summed E-state index contributed by atoms with van der Waals surface area (Å²) in [7, 11) is 0. The van der Waals surface area contributed by atoms with Crippen LogP contribution in [0.2, 0.25) is 0 Å². The molecule has 6 heteroatoms. The molecule has 0 bridgehead atoms. The van der Waals surface area contributed by atoms with E-state index < -0.39 is 11.5 Å². The van der Waals surface area contributed by atoms with Gasteiger partial charge in [0.15, 0.2) is 5.82 Å². The van der Waals surface area contributed by atoms with Crippen LogP contribution < -0.4 is 5.32 Å². The number of aromatic nitrogens is 2. The number of rotatable bonds is 8. The number of carbonyl (C=O) groups is 1. The summed E-state index contributed by atoms with van der Waals surface area (Å²) in [5.74, 6) is 0.714. The molecule has 2 N–H and O–H groups in total. The fourth-order valence-electron chi connectivity index (χ4n) is 1.93. The summed E-state index contributed by atoms with van der Waals surface area (Å²) in [6.45, 7) is 8.14. The number of nitrogens with zero attached hydrogens (tertiary/aromatic N) is 2. The SMILES string of the molecule is CCC(CC)(NCc1nc(CC(C)C)no1)C(=O)O. The Morgan fingerprint density at radius 2 is 2.05 bits per heavy atom. The van der Waals surface area contributed by atoms with Crippen molar-refractivity contribution < 1.29 is 14.4 Å². The summed E-state index contributed by atoms with van der Waals surface area (Å²) in [6, 6.07) is 0. The summed E-state index contributed by atoms with van der Waals surface area (Å²) in [6.07, 6.45) is 1.77. The number of aliphatic carboxylic acids is 1. The molecule has 0 amide bonds. The Kier molecular flexibility index (Phi) is 5.47. The maximum Gasteiger partial charge on any atom is 0.323 e. The van der Waals surface area contributed by atoms with Crippen molar-refractivity contribution in [3.63, 3.8) is 0 Å². The van der Waals surface area contributed by atoms with Gasteiger partial charge < -0.3 is 9.63 Å². The van der Waals surface area contributed by atoms with Crippen LogP contribution >= 0.6 is 0 Å². The molecule has 0 aromatic carbocycles. The first-order valence-corrected chi connectivity index (χ1v) is 6.73. The molecule has 6 nitrogen and oxygen atoms in total. The van der Waals surface area contributed by atoms with Crippen LogP contribution in [0.5, 0.6) is 0 Å². The Balaban J connectivity index is 2.64. The second-order valence-corrected chi connectivity index (χ2v) is 5.15. The van der Waals surface area contributed by atoms with Crippen LogP contribution in [-0.2, 0) is 17.8 Å². The van der Waals surface area contributed by atoms with Crippen LogP contribution in [-0.4, -0.2) is 26.8 Å². The molecular weight excluding hydrogens is 246 g/mol. The van der Waals surface area contributed by atoms with E-state index in [1.165, 1.54) is 0 Å². The summed E-state index contributed by atoms with van der Waals surface area (Å²) in [4.78, 5) is 15.6. The molecule has 0 saturated carbocycles. The highest BCUT2D eigenvalue weighted by molar-refractivity contribution is 5.78. The Morgan fingerprint density at radius 1 is 1.42 bits per heavy atom. The normalized spacial score (nSPS) is 12.1. The molecule has 0 spiro atoms. The molecule has 0 aliphatic carbocycles. The van der Waals surface area contributed by atoms with Crippen molar-refractivity contribution in [3.8, 4) is 0 Å². The standard InChI is InChI=1S/C13H23N3O3/c1-5-13(6-2,12(17)18)14-8-11-15-10(16-19-11)7-9(3)4/h9,14H,5-8H2,1-4H3,(H,17,18). The molecule has 0 aliphatic heterocycles. The average Bonchev–Trinajstić information content (AvgIpc) is 2.77. The Bertz CT molecular complexity index is 411. The van der Waals surface area contributed by atoms with Gasteiger partial charge in [-0.25, -0.2) is 0 Å². The Labute approximate surface area is 113 Å². The smallest absolute Gasteiger partial charge is 0.323 e. The van der Waals surface area contributed by atoms with Crippen molar-refractivity contribution in [2.75, 3.05) is 0 Å². The molecular formula is C13H23N3O3. The van der Waals surface area contributed by atoms with E-state index in [4.69, 9.17) is 4.52 Å². The maximum absolute atomic E-state index is 11.3. The van der Waals surface area contributed by atoms with Gasteiger partial charge in [-0.15, -0.1) is 0 Å². The fourth-order valence-corrected chi connectivity index (χ4v) is 1.93. The first kappa shape index (κ1) is 15.6. The predicted octanol–water partition coefficient (Wildman–Crippen LogP) is 2.00. The molecule has 0 atom stereocenters. The lowest BCUT2D eigenvalue weighted by Gasteiger charge is -2.27. The second kappa shape index (κ2) is 6.65. The van der Waals surface area contributed by atoms with Crippen molar-refractivity contribution in [1.29, 1.82) is 0 Å². The highest BCUT2D eigenvalue weighted by Gasteiger charge is 2.34. The molecule has 1 heterocycles. The molecule has 1 rings (SSSR count). The number of hydrogen-bond donors (Lipinski definition) is 2. The van der Waals surface area contributed by atoms with Gasteiger partial charge in [0.25, 0.3) is 0 Å². The summed E-state index contributed by atoms with van der Waals surface area (Å²) < 4.78 is 5.11. The van der Waals surface area contributed by atoms with Gasteiger partial charge in [0.2, 0.25) is 5.89 Å². The monoisotopic (exact) mass is 269 g/mol. The minimum atomic E-state index is -0.924. The number of hydrogen-bond acceptors (Lipinski definition) is 5. The number of nitrogens with one attached hydrogen (secondary N) is 1. The largest absolute Gasteiger partial charge is 0.480 e. The first-order chi connectivity index (χ1) is 8.93. The van der Waals surface area contributed by atoms with Crippen molar-refractivity contribution in [2.24, 2.45) is 5.92 Å². The molecule has 108 valence electrons. The minimum Gasteiger partial charge on any atom is -0.480 e. The van der Waals surface area contributed by atoms with Gasteiger partial charge in [0, 0.05) is 6.42 Å². The molecule has 19 heavy (non-hydrogen) atoms. The molecule has 0 unspecified atom stereocenters. The van der Waals surface area contributed by atoms with Gasteiger partial charge in [-0.2, -0.15) is 4.98 Å². The molecule has 1 aromatic heterocycles. The first-order valence-electron chi connectivity index (χ1n) is 6.73. The predicted molar refractivity (Wildman–Crippen MR) is 70.6 cm³/mol. The van der Waals surface area contributed by atoms with E-state index in [1.54, 1.807) is 0 Å². The van der Waals surface area contributed by atoms with E-state index in [0.717, 1.165) is 6.42 Å².